The summed E-state index contributed by atoms with van der Waals surface area (Å²) in [6, 6.07) is 3.88. The Hall–Kier alpha value is -3.47. The van der Waals surface area contributed by atoms with Crippen LogP contribution in [-0.4, -0.2) is 50.5 Å². The van der Waals surface area contributed by atoms with Gasteiger partial charge in [0.15, 0.2) is 5.82 Å². The van der Waals surface area contributed by atoms with Crippen LogP contribution in [0.4, 0.5) is 17.3 Å². The molecule has 3 aromatic heterocycles. The summed E-state index contributed by atoms with van der Waals surface area (Å²) in [5.74, 6) is 2.36. The van der Waals surface area contributed by atoms with Crippen molar-refractivity contribution in [3.63, 3.8) is 0 Å². The fourth-order valence-corrected chi connectivity index (χ4v) is 5.15. The minimum atomic E-state index is -3.44. The van der Waals surface area contributed by atoms with Crippen LogP contribution in [0, 0.1) is 0 Å². The molecule has 1 fully saturated rings. The SMILES string of the molecule is CC(C)Nc1cc(Nc2ccnc(-c3cnn(S(=O)(=O)C4CC4)c3)n2)ncc1C1=CCCCO1. The van der Waals surface area contributed by atoms with Gasteiger partial charge in [0.2, 0.25) is 0 Å². The molecular weight excluding hydrogens is 454 g/mol. The molecular formula is C23H27N7O3S. The van der Waals surface area contributed by atoms with E-state index in [0.717, 1.165) is 33.9 Å². The number of nitrogens with one attached hydrogen (secondary N) is 2. The molecule has 11 heteroatoms. The van der Waals surface area contributed by atoms with Gasteiger partial charge in [0.05, 0.1) is 41.1 Å². The first kappa shape index (κ1) is 22.3. The Bertz CT molecular complexity index is 1330. The van der Waals surface area contributed by atoms with Crippen molar-refractivity contribution in [1.29, 1.82) is 0 Å². The quantitative estimate of drug-likeness (QED) is 0.494. The third-order valence-electron chi connectivity index (χ3n) is 5.49. The van der Waals surface area contributed by atoms with Crippen LogP contribution in [0.2, 0.25) is 0 Å². The second-order valence-electron chi connectivity index (χ2n) is 8.71. The number of hydrogen-bond acceptors (Lipinski definition) is 9. The highest BCUT2D eigenvalue weighted by molar-refractivity contribution is 7.90. The van der Waals surface area contributed by atoms with Crippen molar-refractivity contribution in [2.24, 2.45) is 0 Å². The molecule has 0 atom stereocenters. The van der Waals surface area contributed by atoms with Crippen LogP contribution >= 0.6 is 0 Å². The first-order valence-electron chi connectivity index (χ1n) is 11.4. The van der Waals surface area contributed by atoms with E-state index in [-0.39, 0.29) is 11.3 Å². The summed E-state index contributed by atoms with van der Waals surface area (Å²) in [6.45, 7) is 4.86. The fraction of sp³-hybridized carbons (Fsp3) is 0.391. The van der Waals surface area contributed by atoms with Crippen molar-refractivity contribution >= 4 is 33.1 Å². The van der Waals surface area contributed by atoms with E-state index in [1.807, 2.05) is 6.07 Å². The highest BCUT2D eigenvalue weighted by Gasteiger charge is 2.37. The minimum absolute atomic E-state index is 0.229. The monoisotopic (exact) mass is 481 g/mol. The van der Waals surface area contributed by atoms with Crippen molar-refractivity contribution in [2.45, 2.75) is 50.8 Å². The summed E-state index contributed by atoms with van der Waals surface area (Å²) >= 11 is 0. The van der Waals surface area contributed by atoms with Gasteiger partial charge in [-0.15, -0.1) is 0 Å². The van der Waals surface area contributed by atoms with Crippen LogP contribution in [0.1, 0.15) is 45.1 Å². The molecule has 0 amide bonds. The largest absolute Gasteiger partial charge is 0.493 e. The Morgan fingerprint density at radius 3 is 2.76 bits per heavy atom. The highest BCUT2D eigenvalue weighted by Crippen LogP contribution is 2.31. The molecule has 34 heavy (non-hydrogen) atoms. The third kappa shape index (κ3) is 4.74. The van der Waals surface area contributed by atoms with E-state index in [1.165, 1.54) is 12.4 Å². The Morgan fingerprint density at radius 1 is 1.18 bits per heavy atom. The molecule has 10 nitrogen and oxygen atoms in total. The lowest BCUT2D eigenvalue weighted by Crippen LogP contribution is -2.17. The molecule has 0 bridgehead atoms. The second kappa shape index (κ2) is 9.05. The molecule has 0 radical (unpaired) electrons. The van der Waals surface area contributed by atoms with Crippen molar-refractivity contribution in [3.8, 4) is 11.4 Å². The predicted molar refractivity (Wildman–Crippen MR) is 130 cm³/mol. The van der Waals surface area contributed by atoms with Crippen LogP contribution in [0.3, 0.4) is 0 Å². The molecule has 2 aliphatic rings. The average Bonchev–Trinajstić information content (AvgIpc) is 3.57. The topological polar surface area (TPSA) is 124 Å². The number of aromatic nitrogens is 5. The zero-order valence-electron chi connectivity index (χ0n) is 19.1. The van der Waals surface area contributed by atoms with Crippen molar-refractivity contribution in [2.75, 3.05) is 17.2 Å². The number of ether oxygens (including phenoxy) is 1. The van der Waals surface area contributed by atoms with Crippen molar-refractivity contribution in [1.82, 2.24) is 24.1 Å². The Balaban J connectivity index is 1.39. The van der Waals surface area contributed by atoms with Crippen LogP contribution in [0.15, 0.2) is 43.0 Å². The Kier molecular flexibility index (Phi) is 5.94. The van der Waals surface area contributed by atoms with Gasteiger partial charge in [0, 0.05) is 24.5 Å². The number of pyridine rings is 1. The van der Waals surface area contributed by atoms with Gasteiger partial charge in [-0.05, 0) is 51.7 Å². The smallest absolute Gasteiger partial charge is 0.256 e. The lowest BCUT2D eigenvalue weighted by molar-refractivity contribution is 0.259. The van der Waals surface area contributed by atoms with Crippen molar-refractivity contribution < 1.29 is 13.2 Å². The number of nitrogens with zero attached hydrogens (tertiary/aromatic N) is 5. The molecule has 0 saturated heterocycles. The Morgan fingerprint density at radius 2 is 2.03 bits per heavy atom. The van der Waals surface area contributed by atoms with Crippen LogP contribution in [0.25, 0.3) is 17.1 Å². The molecule has 0 spiro atoms. The first-order valence-corrected chi connectivity index (χ1v) is 12.9. The number of hydrogen-bond donors (Lipinski definition) is 2. The maximum Gasteiger partial charge on any atom is 0.256 e. The maximum absolute atomic E-state index is 12.4. The molecule has 1 saturated carbocycles. The second-order valence-corrected chi connectivity index (χ2v) is 10.8. The minimum Gasteiger partial charge on any atom is -0.493 e. The van der Waals surface area contributed by atoms with Gasteiger partial charge < -0.3 is 15.4 Å². The average molecular weight is 482 g/mol. The lowest BCUT2D eigenvalue weighted by atomic mass is 10.1. The molecule has 0 aromatic carbocycles. The summed E-state index contributed by atoms with van der Waals surface area (Å²) in [6.07, 6.45) is 11.8. The van der Waals surface area contributed by atoms with E-state index >= 15 is 0 Å². The summed E-state index contributed by atoms with van der Waals surface area (Å²) < 4.78 is 31.7. The van der Waals surface area contributed by atoms with E-state index in [2.05, 4.69) is 50.6 Å². The van der Waals surface area contributed by atoms with Gasteiger partial charge in [0.1, 0.15) is 17.4 Å². The molecule has 1 aliphatic heterocycles. The zero-order chi connectivity index (χ0) is 23.7. The molecule has 5 rings (SSSR count). The molecule has 3 aromatic rings. The number of allylic oxidation sites excluding steroid dienone is 1. The van der Waals surface area contributed by atoms with Gasteiger partial charge in [-0.3, -0.25) is 0 Å². The third-order valence-corrected chi connectivity index (χ3v) is 7.52. The molecule has 1 aliphatic carbocycles. The molecule has 178 valence electrons. The standard InChI is InChI=1S/C23H27N7O3S/c1-15(2)27-19-11-22(25-13-18(19)20-5-3-4-10-33-20)28-21-8-9-24-23(29-21)16-12-26-30(14-16)34(31,32)17-6-7-17/h5,8-9,11-15,17H,3-4,6-7,10H2,1-2H3,(H2,24,25,27,28,29). The van der Waals surface area contributed by atoms with Gasteiger partial charge in [-0.2, -0.15) is 9.19 Å². The van der Waals surface area contributed by atoms with Gasteiger partial charge in [-0.25, -0.2) is 23.4 Å². The van der Waals surface area contributed by atoms with E-state index in [9.17, 15) is 8.42 Å². The molecule has 2 N–H and O–H groups in total. The van der Waals surface area contributed by atoms with E-state index in [1.54, 1.807) is 18.5 Å². The van der Waals surface area contributed by atoms with Crippen LogP contribution < -0.4 is 10.6 Å². The predicted octanol–water partition coefficient (Wildman–Crippen LogP) is 3.79. The van der Waals surface area contributed by atoms with E-state index < -0.39 is 10.0 Å². The number of rotatable bonds is 8. The van der Waals surface area contributed by atoms with Gasteiger partial charge in [0.25, 0.3) is 10.0 Å². The summed E-state index contributed by atoms with van der Waals surface area (Å²) in [5.41, 5.74) is 2.37. The summed E-state index contributed by atoms with van der Waals surface area (Å²) in [7, 11) is -3.44. The summed E-state index contributed by atoms with van der Waals surface area (Å²) in [5, 5.41) is 10.4. The lowest BCUT2D eigenvalue weighted by Gasteiger charge is -2.20. The molecule has 4 heterocycles. The van der Waals surface area contributed by atoms with E-state index in [0.29, 0.717) is 42.5 Å². The van der Waals surface area contributed by atoms with Gasteiger partial charge in [-0.1, -0.05) is 0 Å². The zero-order valence-corrected chi connectivity index (χ0v) is 19.9. The maximum atomic E-state index is 12.4. The fourth-order valence-electron chi connectivity index (χ4n) is 3.67. The van der Waals surface area contributed by atoms with Crippen LogP contribution in [-0.2, 0) is 14.8 Å². The summed E-state index contributed by atoms with van der Waals surface area (Å²) in [4.78, 5) is 13.4. The Labute approximate surface area is 198 Å². The first-order chi connectivity index (χ1) is 16.4. The normalized spacial score (nSPS) is 16.1. The highest BCUT2D eigenvalue weighted by atomic mass is 32.2. The molecule has 0 unspecified atom stereocenters. The van der Waals surface area contributed by atoms with Gasteiger partial charge >= 0.3 is 0 Å². The number of anilines is 3. The van der Waals surface area contributed by atoms with Crippen molar-refractivity contribution in [3.05, 3.63) is 48.6 Å². The van der Waals surface area contributed by atoms with E-state index in [4.69, 9.17) is 4.74 Å². The van der Waals surface area contributed by atoms with Crippen LogP contribution in [0.5, 0.6) is 0 Å².